The van der Waals surface area contributed by atoms with Crippen molar-refractivity contribution in [1.82, 2.24) is 4.90 Å². The van der Waals surface area contributed by atoms with Gasteiger partial charge < -0.3 is 9.47 Å². The molecule has 3 atom stereocenters. The number of ether oxygens (including phenoxy) is 2. The van der Waals surface area contributed by atoms with Crippen LogP contribution in [0.5, 0.6) is 0 Å². The average Bonchev–Trinajstić information content (AvgIpc) is 2.39. The monoisotopic (exact) mass is 325 g/mol. The molecular formula is C18H31NO4. The van der Waals surface area contributed by atoms with Crippen LogP contribution in [0.25, 0.3) is 0 Å². The van der Waals surface area contributed by atoms with Gasteiger partial charge in [0.05, 0.1) is 25.3 Å². The standard InChI is InChI=1S/C18H31NO4/c1-12-10-22-11-14(19(12)16(21)23-17(2,3)4)13-9-18(5,6)8-7-15(13)20/h12-14H,7-11H2,1-6H3. The zero-order valence-corrected chi connectivity index (χ0v) is 15.3. The van der Waals surface area contributed by atoms with Crippen molar-refractivity contribution in [3.63, 3.8) is 0 Å². The van der Waals surface area contributed by atoms with Gasteiger partial charge in [-0.3, -0.25) is 9.69 Å². The van der Waals surface area contributed by atoms with Crippen molar-refractivity contribution in [2.75, 3.05) is 13.2 Å². The van der Waals surface area contributed by atoms with Crippen molar-refractivity contribution in [2.24, 2.45) is 11.3 Å². The van der Waals surface area contributed by atoms with E-state index < -0.39 is 5.60 Å². The van der Waals surface area contributed by atoms with E-state index in [4.69, 9.17) is 9.47 Å². The molecule has 0 radical (unpaired) electrons. The van der Waals surface area contributed by atoms with Gasteiger partial charge in [-0.15, -0.1) is 0 Å². The largest absolute Gasteiger partial charge is 0.444 e. The molecule has 0 aromatic carbocycles. The molecule has 2 fully saturated rings. The molecule has 1 aliphatic carbocycles. The van der Waals surface area contributed by atoms with Crippen molar-refractivity contribution < 1.29 is 19.1 Å². The first-order valence-electron chi connectivity index (χ1n) is 8.62. The highest BCUT2D eigenvalue weighted by molar-refractivity contribution is 5.83. The molecule has 0 bridgehead atoms. The number of carbonyl (C=O) groups excluding carboxylic acids is 2. The Balaban J connectivity index is 2.22. The van der Waals surface area contributed by atoms with Gasteiger partial charge in [-0.2, -0.15) is 0 Å². The number of hydrogen-bond acceptors (Lipinski definition) is 4. The van der Waals surface area contributed by atoms with Gasteiger partial charge in [0.25, 0.3) is 0 Å². The third-order valence-corrected chi connectivity index (χ3v) is 4.78. The quantitative estimate of drug-likeness (QED) is 0.741. The van der Waals surface area contributed by atoms with Crippen molar-refractivity contribution in [1.29, 1.82) is 0 Å². The summed E-state index contributed by atoms with van der Waals surface area (Å²) in [6, 6.07) is -0.304. The summed E-state index contributed by atoms with van der Waals surface area (Å²) in [4.78, 5) is 26.9. The number of morpholine rings is 1. The molecule has 5 heteroatoms. The molecule has 1 saturated heterocycles. The summed E-state index contributed by atoms with van der Waals surface area (Å²) in [6.45, 7) is 12.8. The second-order valence-electron chi connectivity index (χ2n) is 8.78. The van der Waals surface area contributed by atoms with Crippen LogP contribution in [-0.2, 0) is 14.3 Å². The third kappa shape index (κ3) is 4.46. The fourth-order valence-corrected chi connectivity index (χ4v) is 3.60. The number of nitrogens with zero attached hydrogens (tertiary/aromatic N) is 1. The van der Waals surface area contributed by atoms with Crippen molar-refractivity contribution >= 4 is 11.9 Å². The Morgan fingerprint density at radius 1 is 1.30 bits per heavy atom. The second-order valence-corrected chi connectivity index (χ2v) is 8.78. The van der Waals surface area contributed by atoms with Crippen LogP contribution in [0.4, 0.5) is 4.79 Å². The highest BCUT2D eigenvalue weighted by atomic mass is 16.6. The molecule has 1 heterocycles. The first kappa shape index (κ1) is 18.2. The Labute approximate surface area is 139 Å². The minimum Gasteiger partial charge on any atom is -0.444 e. The highest BCUT2D eigenvalue weighted by Crippen LogP contribution is 2.40. The molecule has 132 valence electrons. The number of carbonyl (C=O) groups is 2. The summed E-state index contributed by atoms with van der Waals surface area (Å²) in [5.74, 6) is 0.0922. The summed E-state index contributed by atoms with van der Waals surface area (Å²) in [6.07, 6.45) is 1.96. The summed E-state index contributed by atoms with van der Waals surface area (Å²) < 4.78 is 11.2. The Morgan fingerprint density at radius 2 is 1.96 bits per heavy atom. The molecule has 0 aromatic rings. The van der Waals surface area contributed by atoms with E-state index in [0.717, 1.165) is 12.8 Å². The normalized spacial score (nSPS) is 31.8. The average molecular weight is 325 g/mol. The lowest BCUT2D eigenvalue weighted by molar-refractivity contribution is -0.135. The fourth-order valence-electron chi connectivity index (χ4n) is 3.60. The van der Waals surface area contributed by atoms with Crippen LogP contribution < -0.4 is 0 Å². The van der Waals surface area contributed by atoms with Gasteiger partial charge >= 0.3 is 6.09 Å². The van der Waals surface area contributed by atoms with Gasteiger partial charge in [0.2, 0.25) is 0 Å². The number of ketones is 1. The number of Topliss-reactive ketones (excluding diaryl/α,β-unsaturated/α-hetero) is 1. The zero-order chi connectivity index (χ0) is 17.4. The lowest BCUT2D eigenvalue weighted by Gasteiger charge is -2.46. The van der Waals surface area contributed by atoms with Gasteiger partial charge in [0.15, 0.2) is 0 Å². The van der Waals surface area contributed by atoms with Crippen LogP contribution in [0.2, 0.25) is 0 Å². The maximum atomic E-state index is 12.7. The Hall–Kier alpha value is -1.10. The zero-order valence-electron chi connectivity index (χ0n) is 15.3. The molecule has 5 nitrogen and oxygen atoms in total. The maximum absolute atomic E-state index is 12.7. The van der Waals surface area contributed by atoms with Gasteiger partial charge in [-0.05, 0) is 46.0 Å². The lowest BCUT2D eigenvalue weighted by atomic mass is 9.69. The molecule has 3 unspecified atom stereocenters. The van der Waals surface area contributed by atoms with E-state index in [9.17, 15) is 9.59 Å². The molecule has 1 amide bonds. The summed E-state index contributed by atoms with van der Waals surface area (Å²) in [5, 5.41) is 0. The minimum absolute atomic E-state index is 0.0820. The van der Waals surface area contributed by atoms with Crippen LogP contribution in [0, 0.1) is 11.3 Å². The SMILES string of the molecule is CC1COCC(C2CC(C)(C)CCC2=O)N1C(=O)OC(C)(C)C. The lowest BCUT2D eigenvalue weighted by Crippen LogP contribution is -2.59. The fraction of sp³-hybridized carbons (Fsp3) is 0.889. The Morgan fingerprint density at radius 3 is 2.57 bits per heavy atom. The van der Waals surface area contributed by atoms with E-state index >= 15 is 0 Å². The van der Waals surface area contributed by atoms with Crippen molar-refractivity contribution in [2.45, 2.75) is 78.5 Å². The predicted molar refractivity (Wildman–Crippen MR) is 88.3 cm³/mol. The first-order valence-corrected chi connectivity index (χ1v) is 8.62. The molecule has 0 spiro atoms. The van der Waals surface area contributed by atoms with E-state index in [1.165, 1.54) is 0 Å². The topological polar surface area (TPSA) is 55.8 Å². The molecule has 2 aliphatic rings. The highest BCUT2D eigenvalue weighted by Gasteiger charge is 2.45. The van der Waals surface area contributed by atoms with E-state index in [0.29, 0.717) is 19.6 Å². The van der Waals surface area contributed by atoms with Crippen LogP contribution in [0.15, 0.2) is 0 Å². The van der Waals surface area contributed by atoms with E-state index in [1.807, 2.05) is 27.7 Å². The maximum Gasteiger partial charge on any atom is 0.410 e. The summed E-state index contributed by atoms with van der Waals surface area (Å²) in [7, 11) is 0. The summed E-state index contributed by atoms with van der Waals surface area (Å²) in [5.41, 5.74) is -0.422. The van der Waals surface area contributed by atoms with Crippen molar-refractivity contribution in [3.05, 3.63) is 0 Å². The predicted octanol–water partition coefficient (Wildman–Crippen LogP) is 3.41. The van der Waals surface area contributed by atoms with Crippen LogP contribution in [0.3, 0.4) is 0 Å². The van der Waals surface area contributed by atoms with E-state index in [1.54, 1.807) is 4.90 Å². The minimum atomic E-state index is -0.546. The molecule has 23 heavy (non-hydrogen) atoms. The molecule has 2 rings (SSSR count). The van der Waals surface area contributed by atoms with Gasteiger partial charge in [-0.25, -0.2) is 4.79 Å². The second kappa shape index (κ2) is 6.42. The molecular weight excluding hydrogens is 294 g/mol. The van der Waals surface area contributed by atoms with Crippen LogP contribution in [0.1, 0.15) is 60.8 Å². The summed E-state index contributed by atoms with van der Waals surface area (Å²) >= 11 is 0. The van der Waals surface area contributed by atoms with Crippen molar-refractivity contribution in [3.8, 4) is 0 Å². The van der Waals surface area contributed by atoms with Gasteiger partial charge in [0.1, 0.15) is 11.4 Å². The molecule has 1 saturated carbocycles. The molecule has 0 aromatic heterocycles. The van der Waals surface area contributed by atoms with E-state index in [-0.39, 0.29) is 35.3 Å². The molecule has 1 aliphatic heterocycles. The number of amides is 1. The Kier molecular flexibility index (Phi) is 5.09. The Bertz CT molecular complexity index is 466. The molecule has 0 N–H and O–H groups in total. The number of rotatable bonds is 1. The first-order chi connectivity index (χ1) is 10.5. The van der Waals surface area contributed by atoms with Crippen LogP contribution in [-0.4, -0.2) is 47.7 Å². The van der Waals surface area contributed by atoms with E-state index in [2.05, 4.69) is 13.8 Å². The number of hydrogen-bond donors (Lipinski definition) is 0. The van der Waals surface area contributed by atoms with Crippen LogP contribution >= 0.6 is 0 Å². The van der Waals surface area contributed by atoms with Gasteiger partial charge in [0, 0.05) is 12.3 Å². The third-order valence-electron chi connectivity index (χ3n) is 4.78. The van der Waals surface area contributed by atoms with Gasteiger partial charge in [-0.1, -0.05) is 13.8 Å². The smallest absolute Gasteiger partial charge is 0.410 e.